The predicted molar refractivity (Wildman–Crippen MR) is 102 cm³/mol. The minimum absolute atomic E-state index is 0.0183. The zero-order valence-electron chi connectivity index (χ0n) is 14.7. The molecule has 0 unspecified atom stereocenters. The highest BCUT2D eigenvalue weighted by Gasteiger charge is 2.22. The molecule has 1 aromatic carbocycles. The average Bonchev–Trinajstić information content (AvgIpc) is 3.27. The Bertz CT molecular complexity index is 1070. The molecule has 0 bridgehead atoms. The van der Waals surface area contributed by atoms with Crippen molar-refractivity contribution in [2.45, 2.75) is 32.4 Å². The van der Waals surface area contributed by atoms with Gasteiger partial charge in [-0.05, 0) is 37.5 Å². The van der Waals surface area contributed by atoms with E-state index in [0.29, 0.717) is 33.8 Å². The van der Waals surface area contributed by atoms with E-state index in [1.54, 1.807) is 19.1 Å². The Hall–Kier alpha value is -2.58. The summed E-state index contributed by atoms with van der Waals surface area (Å²) < 4.78 is 20.9. The van der Waals surface area contributed by atoms with E-state index in [2.05, 4.69) is 10.3 Å². The van der Waals surface area contributed by atoms with Gasteiger partial charge in [-0.15, -0.1) is 11.3 Å². The third-order valence-corrected chi connectivity index (χ3v) is 5.87. The molecule has 2 aromatic heterocycles. The van der Waals surface area contributed by atoms with Crippen LogP contribution in [0.5, 0.6) is 0 Å². The topological polar surface area (TPSA) is 73.2 Å². The van der Waals surface area contributed by atoms with Gasteiger partial charge in [0.15, 0.2) is 0 Å². The Morgan fingerprint density at radius 1 is 1.44 bits per heavy atom. The molecule has 3 heterocycles. The first-order chi connectivity index (χ1) is 13.0. The summed E-state index contributed by atoms with van der Waals surface area (Å²) in [7, 11) is 0. The lowest BCUT2D eigenvalue weighted by Crippen LogP contribution is -2.26. The molecule has 1 aliphatic rings. The van der Waals surface area contributed by atoms with E-state index in [9.17, 15) is 14.0 Å². The summed E-state index contributed by atoms with van der Waals surface area (Å²) in [5, 5.41) is 2.99. The summed E-state index contributed by atoms with van der Waals surface area (Å²) in [4.78, 5) is 30.7. The van der Waals surface area contributed by atoms with Crippen molar-refractivity contribution in [2.75, 3.05) is 11.9 Å². The van der Waals surface area contributed by atoms with Crippen molar-refractivity contribution in [1.82, 2.24) is 9.55 Å². The number of amides is 1. The third-order valence-electron chi connectivity index (χ3n) is 4.67. The van der Waals surface area contributed by atoms with Crippen LogP contribution in [0.15, 0.2) is 35.4 Å². The van der Waals surface area contributed by atoms with Crippen molar-refractivity contribution in [3.63, 3.8) is 0 Å². The molecular weight excluding hydrogens is 369 g/mol. The molecule has 0 saturated carbocycles. The number of fused-ring (bicyclic) bond motifs is 1. The van der Waals surface area contributed by atoms with Crippen LogP contribution < -0.4 is 10.9 Å². The molecule has 0 spiro atoms. The number of anilines is 1. The number of para-hydroxylation sites is 1. The molecule has 140 valence electrons. The molecular formula is C19H18FN3O3S. The van der Waals surface area contributed by atoms with Crippen molar-refractivity contribution in [1.29, 1.82) is 0 Å². The number of carbonyl (C=O) groups is 1. The van der Waals surface area contributed by atoms with Gasteiger partial charge in [0.1, 0.15) is 10.6 Å². The van der Waals surface area contributed by atoms with Crippen LogP contribution in [0.1, 0.15) is 28.1 Å². The van der Waals surface area contributed by atoms with Crippen LogP contribution >= 0.6 is 11.3 Å². The molecule has 27 heavy (non-hydrogen) atoms. The van der Waals surface area contributed by atoms with Gasteiger partial charge in [-0.1, -0.05) is 12.1 Å². The molecule has 1 N–H and O–H groups in total. The molecule has 1 atom stereocenters. The van der Waals surface area contributed by atoms with E-state index in [0.717, 1.165) is 24.2 Å². The number of nitrogens with zero attached hydrogens (tertiary/aromatic N) is 2. The summed E-state index contributed by atoms with van der Waals surface area (Å²) >= 11 is 1.13. The zero-order valence-corrected chi connectivity index (χ0v) is 15.5. The number of rotatable bonds is 4. The summed E-state index contributed by atoms with van der Waals surface area (Å²) in [6, 6.07) is 5.96. The molecule has 0 radical (unpaired) electrons. The molecule has 1 fully saturated rings. The molecule has 4 rings (SSSR count). The second kappa shape index (κ2) is 7.21. The number of aryl methyl sites for hydroxylation is 1. The molecule has 8 heteroatoms. The fourth-order valence-electron chi connectivity index (χ4n) is 3.26. The van der Waals surface area contributed by atoms with Gasteiger partial charge in [0.25, 0.3) is 11.5 Å². The van der Waals surface area contributed by atoms with Gasteiger partial charge >= 0.3 is 0 Å². The summed E-state index contributed by atoms with van der Waals surface area (Å²) in [5.41, 5.74) is 0.473. The van der Waals surface area contributed by atoms with E-state index in [1.807, 2.05) is 0 Å². The second-order valence-electron chi connectivity index (χ2n) is 6.51. The van der Waals surface area contributed by atoms with Gasteiger partial charge in [-0.2, -0.15) is 0 Å². The fourth-order valence-corrected chi connectivity index (χ4v) is 4.29. The largest absolute Gasteiger partial charge is 0.376 e. The smallest absolute Gasteiger partial charge is 0.266 e. The van der Waals surface area contributed by atoms with Crippen molar-refractivity contribution >= 4 is 33.1 Å². The maximum atomic E-state index is 13.8. The minimum atomic E-state index is -0.512. The standard InChI is InChI=1S/C19H18FN3O3S/c1-11-15-18(21-10-23(19(15)25)9-12-5-4-8-26-12)27-16(11)17(24)22-14-7-3-2-6-13(14)20/h2-3,6-7,10,12H,4-5,8-9H2,1H3,(H,22,24)/t12-/m0/s1. The Morgan fingerprint density at radius 3 is 3.00 bits per heavy atom. The number of ether oxygens (including phenoxy) is 1. The monoisotopic (exact) mass is 387 g/mol. The van der Waals surface area contributed by atoms with Crippen LogP contribution in [-0.4, -0.2) is 28.2 Å². The van der Waals surface area contributed by atoms with Crippen LogP contribution in [0, 0.1) is 12.7 Å². The highest BCUT2D eigenvalue weighted by Crippen LogP contribution is 2.28. The normalized spacial score (nSPS) is 16.7. The minimum Gasteiger partial charge on any atom is -0.376 e. The predicted octanol–water partition coefficient (Wildman–Crippen LogP) is 3.34. The number of aromatic nitrogens is 2. The van der Waals surface area contributed by atoms with Gasteiger partial charge in [-0.25, -0.2) is 9.37 Å². The maximum Gasteiger partial charge on any atom is 0.266 e. The Kier molecular flexibility index (Phi) is 4.75. The number of nitrogens with one attached hydrogen (secondary N) is 1. The van der Waals surface area contributed by atoms with Crippen LogP contribution in [0.25, 0.3) is 10.2 Å². The van der Waals surface area contributed by atoms with Gasteiger partial charge < -0.3 is 10.1 Å². The van der Waals surface area contributed by atoms with E-state index in [4.69, 9.17) is 4.74 Å². The highest BCUT2D eigenvalue weighted by atomic mass is 32.1. The van der Waals surface area contributed by atoms with Crippen molar-refractivity contribution in [3.8, 4) is 0 Å². The summed E-state index contributed by atoms with van der Waals surface area (Å²) in [6.07, 6.45) is 3.43. The highest BCUT2D eigenvalue weighted by molar-refractivity contribution is 7.20. The SMILES string of the molecule is Cc1c(C(=O)Nc2ccccc2F)sc2ncn(C[C@@H]3CCCO3)c(=O)c12. The van der Waals surface area contributed by atoms with Gasteiger partial charge in [-0.3, -0.25) is 14.2 Å². The fraction of sp³-hybridized carbons (Fsp3) is 0.316. The first-order valence-electron chi connectivity index (χ1n) is 8.70. The maximum absolute atomic E-state index is 13.8. The summed E-state index contributed by atoms with van der Waals surface area (Å²) in [5.74, 6) is -0.965. The van der Waals surface area contributed by atoms with E-state index in [-0.39, 0.29) is 17.4 Å². The van der Waals surface area contributed by atoms with Crippen LogP contribution in [0.2, 0.25) is 0 Å². The molecule has 0 aliphatic carbocycles. The van der Waals surface area contributed by atoms with E-state index < -0.39 is 11.7 Å². The van der Waals surface area contributed by atoms with Crippen LogP contribution in [-0.2, 0) is 11.3 Å². The Balaban J connectivity index is 1.67. The van der Waals surface area contributed by atoms with Gasteiger partial charge in [0.05, 0.1) is 34.9 Å². The van der Waals surface area contributed by atoms with Crippen molar-refractivity contribution in [2.24, 2.45) is 0 Å². The third kappa shape index (κ3) is 3.38. The first-order valence-corrected chi connectivity index (χ1v) is 9.52. The number of hydrogen-bond donors (Lipinski definition) is 1. The zero-order chi connectivity index (χ0) is 19.0. The van der Waals surface area contributed by atoms with Crippen LogP contribution in [0.4, 0.5) is 10.1 Å². The Labute approximate surface area is 158 Å². The average molecular weight is 387 g/mol. The lowest BCUT2D eigenvalue weighted by molar-refractivity contribution is 0.0960. The molecule has 6 nitrogen and oxygen atoms in total. The number of halogens is 1. The van der Waals surface area contributed by atoms with Crippen molar-refractivity contribution in [3.05, 3.63) is 57.2 Å². The molecule has 1 aliphatic heterocycles. The van der Waals surface area contributed by atoms with Crippen molar-refractivity contribution < 1.29 is 13.9 Å². The second-order valence-corrected chi connectivity index (χ2v) is 7.51. The molecule has 1 amide bonds. The first kappa shape index (κ1) is 17.8. The number of thiophene rings is 1. The lowest BCUT2D eigenvalue weighted by Gasteiger charge is -2.11. The number of hydrogen-bond acceptors (Lipinski definition) is 5. The Morgan fingerprint density at radius 2 is 2.26 bits per heavy atom. The van der Waals surface area contributed by atoms with Gasteiger partial charge in [0, 0.05) is 6.61 Å². The van der Waals surface area contributed by atoms with Gasteiger partial charge in [0.2, 0.25) is 0 Å². The molecule has 3 aromatic rings. The lowest BCUT2D eigenvalue weighted by atomic mass is 10.2. The van der Waals surface area contributed by atoms with E-state index >= 15 is 0 Å². The molecule has 1 saturated heterocycles. The van der Waals surface area contributed by atoms with E-state index in [1.165, 1.54) is 23.0 Å². The number of benzene rings is 1. The summed E-state index contributed by atoms with van der Waals surface area (Å²) in [6.45, 7) is 2.88. The quantitative estimate of drug-likeness (QED) is 0.745. The number of carbonyl (C=O) groups excluding carboxylic acids is 1. The van der Waals surface area contributed by atoms with Crippen LogP contribution in [0.3, 0.4) is 0 Å².